The van der Waals surface area contributed by atoms with Gasteiger partial charge in [0.25, 0.3) is 11.8 Å². The van der Waals surface area contributed by atoms with Crippen LogP contribution < -0.4 is 4.84 Å². The van der Waals surface area contributed by atoms with E-state index < -0.39 is 5.92 Å². The van der Waals surface area contributed by atoms with Crippen molar-refractivity contribution in [2.24, 2.45) is 5.92 Å². The topological polar surface area (TPSA) is 45.9 Å². The number of hydroxylamine groups is 2. The van der Waals surface area contributed by atoms with Crippen molar-refractivity contribution in [2.75, 3.05) is 19.6 Å². The first kappa shape index (κ1) is 22.3. The number of halogens is 3. The van der Waals surface area contributed by atoms with Crippen LogP contribution in [-0.4, -0.2) is 47.5 Å². The first-order valence-corrected chi connectivity index (χ1v) is 11.4. The SMILES string of the molecule is Cc1c(C(=O)N2CCC(F)(F)CC2)oc2cc(ON3CCCCC3C(C)C)c(Cl)cc12. The van der Waals surface area contributed by atoms with Crippen molar-refractivity contribution >= 4 is 28.5 Å². The molecule has 2 fully saturated rings. The zero-order valence-corrected chi connectivity index (χ0v) is 19.0. The monoisotopic (exact) mass is 454 g/mol. The highest BCUT2D eigenvalue weighted by molar-refractivity contribution is 6.33. The second-order valence-electron chi connectivity index (χ2n) is 9.02. The number of aryl methyl sites for hydroxylation is 1. The molecule has 0 spiro atoms. The number of furan rings is 1. The van der Waals surface area contributed by atoms with E-state index in [0.717, 1.165) is 24.8 Å². The number of hydrogen-bond acceptors (Lipinski definition) is 4. The van der Waals surface area contributed by atoms with Gasteiger partial charge in [-0.15, -0.1) is 5.06 Å². The number of nitrogens with zero attached hydrogens (tertiary/aromatic N) is 2. The maximum absolute atomic E-state index is 13.5. The molecule has 1 amide bonds. The molecule has 1 aromatic carbocycles. The first-order valence-electron chi connectivity index (χ1n) is 11.0. The molecule has 31 heavy (non-hydrogen) atoms. The summed E-state index contributed by atoms with van der Waals surface area (Å²) in [5, 5.41) is 3.17. The van der Waals surface area contributed by atoms with Crippen molar-refractivity contribution in [3.05, 3.63) is 28.5 Å². The van der Waals surface area contributed by atoms with E-state index in [9.17, 15) is 13.6 Å². The molecule has 0 saturated carbocycles. The number of amides is 1. The highest BCUT2D eigenvalue weighted by atomic mass is 35.5. The number of carbonyl (C=O) groups is 1. The number of fused-ring (bicyclic) bond motifs is 1. The quantitative estimate of drug-likeness (QED) is 0.562. The Labute approximate surface area is 186 Å². The molecule has 1 atom stereocenters. The number of alkyl halides is 2. The summed E-state index contributed by atoms with van der Waals surface area (Å²) in [5.41, 5.74) is 1.16. The minimum atomic E-state index is -2.71. The summed E-state index contributed by atoms with van der Waals surface area (Å²) in [5.74, 6) is -1.95. The Morgan fingerprint density at radius 2 is 1.94 bits per heavy atom. The van der Waals surface area contributed by atoms with Crippen LogP contribution in [0, 0.1) is 12.8 Å². The Kier molecular flexibility index (Phi) is 6.19. The Balaban J connectivity index is 1.59. The molecule has 4 rings (SSSR count). The molecule has 170 valence electrons. The van der Waals surface area contributed by atoms with Crippen LogP contribution in [0.5, 0.6) is 5.75 Å². The predicted octanol–water partition coefficient (Wildman–Crippen LogP) is 6.07. The Bertz CT molecular complexity index is 965. The molecule has 1 aromatic heterocycles. The van der Waals surface area contributed by atoms with E-state index in [4.69, 9.17) is 20.9 Å². The largest absolute Gasteiger partial charge is 0.450 e. The van der Waals surface area contributed by atoms with Crippen LogP contribution in [0.1, 0.15) is 62.1 Å². The van der Waals surface area contributed by atoms with Crippen LogP contribution in [0.2, 0.25) is 5.02 Å². The smallest absolute Gasteiger partial charge is 0.289 e. The van der Waals surface area contributed by atoms with Crippen LogP contribution in [-0.2, 0) is 0 Å². The molecule has 8 heteroatoms. The second kappa shape index (κ2) is 8.58. The maximum Gasteiger partial charge on any atom is 0.289 e. The molecule has 3 heterocycles. The van der Waals surface area contributed by atoms with Gasteiger partial charge in [0, 0.05) is 55.5 Å². The van der Waals surface area contributed by atoms with E-state index in [1.165, 1.54) is 11.3 Å². The van der Waals surface area contributed by atoms with E-state index in [0.29, 0.717) is 33.9 Å². The van der Waals surface area contributed by atoms with Gasteiger partial charge < -0.3 is 14.2 Å². The Morgan fingerprint density at radius 1 is 1.23 bits per heavy atom. The normalized spacial score (nSPS) is 22.3. The standard InChI is InChI=1S/C23H29ClF2N2O3/c1-14(2)18-6-4-5-9-28(18)31-20-13-19-16(12-17(20)24)15(3)21(30-19)22(29)27-10-7-23(25,26)8-11-27/h12-14,18H,4-11H2,1-3H3. The minimum absolute atomic E-state index is 0.0169. The van der Waals surface area contributed by atoms with Gasteiger partial charge in [-0.2, -0.15) is 0 Å². The van der Waals surface area contributed by atoms with Gasteiger partial charge in [-0.25, -0.2) is 8.78 Å². The molecule has 0 radical (unpaired) electrons. The van der Waals surface area contributed by atoms with Gasteiger partial charge in [0.15, 0.2) is 11.5 Å². The summed E-state index contributed by atoms with van der Waals surface area (Å²) >= 11 is 6.52. The predicted molar refractivity (Wildman–Crippen MR) is 116 cm³/mol. The summed E-state index contributed by atoms with van der Waals surface area (Å²) in [6.07, 6.45) is 2.67. The highest BCUT2D eigenvalue weighted by Gasteiger charge is 2.37. The molecular weight excluding hydrogens is 426 g/mol. The summed E-state index contributed by atoms with van der Waals surface area (Å²) in [6.45, 7) is 7.01. The summed E-state index contributed by atoms with van der Waals surface area (Å²) in [7, 11) is 0. The Hall–Kier alpha value is -1.86. The molecule has 5 nitrogen and oxygen atoms in total. The molecule has 2 aliphatic rings. The van der Waals surface area contributed by atoms with Crippen LogP contribution in [0.4, 0.5) is 8.78 Å². The van der Waals surface area contributed by atoms with Gasteiger partial charge in [-0.05, 0) is 31.7 Å². The second-order valence-corrected chi connectivity index (χ2v) is 9.43. The lowest BCUT2D eigenvalue weighted by Crippen LogP contribution is -2.44. The highest BCUT2D eigenvalue weighted by Crippen LogP contribution is 2.37. The van der Waals surface area contributed by atoms with Crippen LogP contribution in [0.3, 0.4) is 0 Å². The summed E-state index contributed by atoms with van der Waals surface area (Å²) in [4.78, 5) is 20.5. The molecule has 0 N–H and O–H groups in total. The Morgan fingerprint density at radius 3 is 2.61 bits per heavy atom. The maximum atomic E-state index is 13.5. The van der Waals surface area contributed by atoms with Gasteiger partial charge in [0.2, 0.25) is 0 Å². The summed E-state index contributed by atoms with van der Waals surface area (Å²) < 4.78 is 32.8. The van der Waals surface area contributed by atoms with Crippen LogP contribution in [0.25, 0.3) is 11.0 Å². The van der Waals surface area contributed by atoms with Crippen molar-refractivity contribution in [2.45, 2.75) is 64.8 Å². The van der Waals surface area contributed by atoms with Crippen LogP contribution in [0.15, 0.2) is 16.5 Å². The van der Waals surface area contributed by atoms with Crippen molar-refractivity contribution in [3.8, 4) is 5.75 Å². The van der Waals surface area contributed by atoms with E-state index in [1.807, 2.05) is 5.06 Å². The van der Waals surface area contributed by atoms with Crippen molar-refractivity contribution in [1.82, 2.24) is 9.96 Å². The third-order valence-corrected chi connectivity index (χ3v) is 6.75. The van der Waals surface area contributed by atoms with Gasteiger partial charge in [0.1, 0.15) is 5.58 Å². The zero-order valence-electron chi connectivity index (χ0n) is 18.2. The number of carbonyl (C=O) groups excluding carboxylic acids is 1. The average Bonchev–Trinajstić information content (AvgIpc) is 3.03. The fraction of sp³-hybridized carbons (Fsp3) is 0.609. The third-order valence-electron chi connectivity index (χ3n) is 6.45. The van der Waals surface area contributed by atoms with Gasteiger partial charge >= 0.3 is 0 Å². The van der Waals surface area contributed by atoms with Gasteiger partial charge in [-0.1, -0.05) is 31.9 Å². The third kappa shape index (κ3) is 4.53. The number of rotatable bonds is 4. The first-order chi connectivity index (χ1) is 14.7. The lowest BCUT2D eigenvalue weighted by Gasteiger charge is -2.37. The number of piperidine rings is 2. The van der Waals surface area contributed by atoms with Crippen molar-refractivity contribution in [3.63, 3.8) is 0 Å². The lowest BCUT2D eigenvalue weighted by atomic mass is 9.95. The zero-order chi connectivity index (χ0) is 22.3. The van der Waals surface area contributed by atoms with Gasteiger partial charge in [-0.3, -0.25) is 4.79 Å². The van der Waals surface area contributed by atoms with Crippen LogP contribution >= 0.6 is 11.6 Å². The number of hydrogen-bond donors (Lipinski definition) is 0. The molecule has 2 aromatic rings. The fourth-order valence-electron chi connectivity index (χ4n) is 4.51. The van der Waals surface area contributed by atoms with Crippen molar-refractivity contribution < 1.29 is 22.8 Å². The fourth-order valence-corrected chi connectivity index (χ4v) is 4.71. The van der Waals surface area contributed by atoms with E-state index in [1.54, 1.807) is 19.1 Å². The molecule has 2 saturated heterocycles. The van der Waals surface area contributed by atoms with Crippen molar-refractivity contribution in [1.29, 1.82) is 0 Å². The molecule has 0 bridgehead atoms. The van der Waals surface area contributed by atoms with E-state index in [-0.39, 0.29) is 37.6 Å². The van der Waals surface area contributed by atoms with Gasteiger partial charge in [0.05, 0.1) is 5.02 Å². The molecular formula is C23H29ClF2N2O3. The van der Waals surface area contributed by atoms with E-state index >= 15 is 0 Å². The minimum Gasteiger partial charge on any atom is -0.450 e. The molecule has 1 unspecified atom stereocenters. The number of benzene rings is 1. The molecule has 2 aliphatic heterocycles. The van der Waals surface area contributed by atoms with E-state index in [2.05, 4.69) is 13.8 Å². The average molecular weight is 455 g/mol. The lowest BCUT2D eigenvalue weighted by molar-refractivity contribution is -0.125. The molecule has 0 aliphatic carbocycles. The summed E-state index contributed by atoms with van der Waals surface area (Å²) in [6, 6.07) is 3.78. The number of likely N-dealkylation sites (tertiary alicyclic amines) is 1.